The number of nitrogens with one attached hydrogen (secondary N) is 3. The monoisotopic (exact) mass is 261 g/mol. The van der Waals surface area contributed by atoms with Crippen molar-refractivity contribution in [2.24, 2.45) is 0 Å². The van der Waals surface area contributed by atoms with Crippen LogP contribution in [0.25, 0.3) is 10.9 Å². The number of H-pyrrole nitrogens is 1. The van der Waals surface area contributed by atoms with Gasteiger partial charge in [0.1, 0.15) is 4.64 Å². The van der Waals surface area contributed by atoms with Gasteiger partial charge in [-0.15, -0.1) is 0 Å². The molecule has 1 aromatic carbocycles. The summed E-state index contributed by atoms with van der Waals surface area (Å²) in [7, 11) is 0. The van der Waals surface area contributed by atoms with E-state index in [-0.39, 0.29) is 12.1 Å². The van der Waals surface area contributed by atoms with E-state index in [1.807, 2.05) is 44.2 Å². The number of amides is 2. The summed E-state index contributed by atoms with van der Waals surface area (Å²) >= 11 is 5.05. The maximum absolute atomic E-state index is 11.6. The Bertz CT molecular complexity index is 633. The predicted octanol–water partition coefficient (Wildman–Crippen LogP) is 3.43. The van der Waals surface area contributed by atoms with Crippen LogP contribution in [0.1, 0.15) is 13.8 Å². The first-order valence-corrected chi connectivity index (χ1v) is 6.16. The summed E-state index contributed by atoms with van der Waals surface area (Å²) in [6.07, 6.45) is 0. The zero-order valence-electron chi connectivity index (χ0n) is 10.3. The fourth-order valence-corrected chi connectivity index (χ4v) is 1.84. The number of carbonyl (C=O) groups excluding carboxylic acids is 1. The average molecular weight is 261 g/mol. The lowest BCUT2D eigenvalue weighted by molar-refractivity contribution is 0.250. The molecule has 0 aliphatic rings. The van der Waals surface area contributed by atoms with Gasteiger partial charge in [-0.25, -0.2) is 4.79 Å². The van der Waals surface area contributed by atoms with Crippen molar-refractivity contribution < 1.29 is 4.79 Å². The largest absolute Gasteiger partial charge is 0.346 e. The topological polar surface area (TPSA) is 56.9 Å². The van der Waals surface area contributed by atoms with Gasteiger partial charge in [0.05, 0.1) is 0 Å². The molecule has 94 valence electrons. The Kier molecular flexibility index (Phi) is 3.62. The zero-order chi connectivity index (χ0) is 13.1. The van der Waals surface area contributed by atoms with Crippen molar-refractivity contribution >= 4 is 34.8 Å². The molecule has 2 rings (SSSR count). The van der Waals surface area contributed by atoms with Gasteiger partial charge in [0.25, 0.3) is 0 Å². The number of aromatic amines is 1. The molecular weight excluding hydrogens is 246 g/mol. The molecule has 0 saturated heterocycles. The minimum absolute atomic E-state index is 0.113. The molecule has 1 heterocycles. The van der Waals surface area contributed by atoms with E-state index in [1.54, 1.807) is 0 Å². The molecule has 0 aliphatic heterocycles. The lowest BCUT2D eigenvalue weighted by atomic mass is 10.2. The molecule has 18 heavy (non-hydrogen) atoms. The average Bonchev–Trinajstić information content (AvgIpc) is 2.28. The van der Waals surface area contributed by atoms with Crippen LogP contribution in [0.15, 0.2) is 30.3 Å². The second-order valence-electron chi connectivity index (χ2n) is 4.38. The summed E-state index contributed by atoms with van der Waals surface area (Å²) in [4.78, 5) is 14.7. The Labute approximate surface area is 110 Å². The van der Waals surface area contributed by atoms with Gasteiger partial charge in [-0.2, -0.15) is 0 Å². The standard InChI is InChI=1S/C13H15N3OS/c1-8(2)14-13(17)15-10-4-5-11-9(7-10)3-6-12(18)16-11/h3-8H,1-2H3,(H,16,18)(H2,14,15,17). The number of rotatable bonds is 2. The van der Waals surface area contributed by atoms with Gasteiger partial charge in [-0.3, -0.25) is 0 Å². The third-order valence-electron chi connectivity index (χ3n) is 2.40. The molecule has 2 amide bonds. The van der Waals surface area contributed by atoms with E-state index in [2.05, 4.69) is 15.6 Å². The van der Waals surface area contributed by atoms with Gasteiger partial charge in [0.15, 0.2) is 0 Å². The van der Waals surface area contributed by atoms with Gasteiger partial charge in [-0.05, 0) is 44.2 Å². The van der Waals surface area contributed by atoms with E-state index in [4.69, 9.17) is 12.2 Å². The third-order valence-corrected chi connectivity index (χ3v) is 2.64. The number of fused-ring (bicyclic) bond motifs is 1. The van der Waals surface area contributed by atoms with Crippen molar-refractivity contribution in [1.82, 2.24) is 10.3 Å². The highest BCUT2D eigenvalue weighted by molar-refractivity contribution is 7.71. The first-order valence-electron chi connectivity index (χ1n) is 5.75. The molecule has 0 bridgehead atoms. The van der Waals surface area contributed by atoms with E-state index in [9.17, 15) is 4.79 Å². The number of aromatic nitrogens is 1. The summed E-state index contributed by atoms with van der Waals surface area (Å²) in [5, 5.41) is 6.57. The smallest absolute Gasteiger partial charge is 0.319 e. The van der Waals surface area contributed by atoms with E-state index < -0.39 is 0 Å². The highest BCUT2D eigenvalue weighted by Gasteiger charge is 2.03. The molecule has 2 aromatic rings. The lowest BCUT2D eigenvalue weighted by Crippen LogP contribution is -2.34. The minimum Gasteiger partial charge on any atom is -0.346 e. The molecule has 0 radical (unpaired) electrons. The highest BCUT2D eigenvalue weighted by Crippen LogP contribution is 2.17. The Morgan fingerprint density at radius 1 is 1.28 bits per heavy atom. The fraction of sp³-hybridized carbons (Fsp3) is 0.231. The minimum atomic E-state index is -0.201. The van der Waals surface area contributed by atoms with Gasteiger partial charge in [0.2, 0.25) is 0 Å². The summed E-state index contributed by atoms with van der Waals surface area (Å²) in [6, 6.07) is 9.31. The quantitative estimate of drug-likeness (QED) is 0.725. The van der Waals surface area contributed by atoms with Crippen molar-refractivity contribution in [1.29, 1.82) is 0 Å². The zero-order valence-corrected chi connectivity index (χ0v) is 11.1. The van der Waals surface area contributed by atoms with Crippen molar-refractivity contribution in [3.63, 3.8) is 0 Å². The molecular formula is C13H15N3OS. The lowest BCUT2D eigenvalue weighted by Gasteiger charge is -2.10. The van der Waals surface area contributed by atoms with Crippen LogP contribution in [-0.2, 0) is 0 Å². The summed E-state index contributed by atoms with van der Waals surface area (Å²) < 4.78 is 0.695. The number of hydrogen-bond donors (Lipinski definition) is 3. The normalized spacial score (nSPS) is 10.6. The van der Waals surface area contributed by atoms with Crippen molar-refractivity contribution in [3.05, 3.63) is 35.0 Å². The van der Waals surface area contributed by atoms with Gasteiger partial charge < -0.3 is 15.6 Å². The second kappa shape index (κ2) is 5.18. The summed E-state index contributed by atoms with van der Waals surface area (Å²) in [5.41, 5.74) is 1.71. The van der Waals surface area contributed by atoms with Gasteiger partial charge in [0, 0.05) is 22.6 Å². The number of pyridine rings is 1. The maximum atomic E-state index is 11.6. The predicted molar refractivity (Wildman–Crippen MR) is 76.4 cm³/mol. The van der Waals surface area contributed by atoms with Gasteiger partial charge >= 0.3 is 6.03 Å². The molecule has 0 fully saturated rings. The summed E-state index contributed by atoms with van der Waals surface area (Å²) in [5.74, 6) is 0. The molecule has 0 atom stereocenters. The van der Waals surface area contributed by atoms with Crippen LogP contribution in [0.3, 0.4) is 0 Å². The van der Waals surface area contributed by atoms with E-state index in [0.717, 1.165) is 16.6 Å². The Morgan fingerprint density at radius 3 is 2.78 bits per heavy atom. The fourth-order valence-electron chi connectivity index (χ4n) is 1.66. The number of anilines is 1. The van der Waals surface area contributed by atoms with Crippen LogP contribution in [0.5, 0.6) is 0 Å². The number of carbonyl (C=O) groups is 1. The molecule has 0 aliphatic carbocycles. The van der Waals surface area contributed by atoms with Crippen molar-refractivity contribution in [3.8, 4) is 0 Å². The number of hydrogen-bond acceptors (Lipinski definition) is 2. The third kappa shape index (κ3) is 3.07. The molecule has 1 aromatic heterocycles. The Morgan fingerprint density at radius 2 is 2.06 bits per heavy atom. The van der Waals surface area contributed by atoms with Crippen molar-refractivity contribution in [2.45, 2.75) is 19.9 Å². The van der Waals surface area contributed by atoms with Crippen LogP contribution in [-0.4, -0.2) is 17.1 Å². The number of benzene rings is 1. The molecule has 3 N–H and O–H groups in total. The molecule has 5 heteroatoms. The first kappa shape index (κ1) is 12.6. The van der Waals surface area contributed by atoms with E-state index in [1.165, 1.54) is 0 Å². The molecule has 4 nitrogen and oxygen atoms in total. The maximum Gasteiger partial charge on any atom is 0.319 e. The highest BCUT2D eigenvalue weighted by atomic mass is 32.1. The molecule has 0 unspecified atom stereocenters. The van der Waals surface area contributed by atoms with E-state index in [0.29, 0.717) is 4.64 Å². The van der Waals surface area contributed by atoms with Crippen LogP contribution in [0.2, 0.25) is 0 Å². The van der Waals surface area contributed by atoms with Crippen LogP contribution in [0.4, 0.5) is 10.5 Å². The Hall–Kier alpha value is -1.88. The van der Waals surface area contributed by atoms with Crippen LogP contribution < -0.4 is 10.6 Å². The summed E-state index contributed by atoms with van der Waals surface area (Å²) in [6.45, 7) is 3.83. The van der Waals surface area contributed by atoms with Gasteiger partial charge in [-0.1, -0.05) is 12.2 Å². The SMILES string of the molecule is CC(C)NC(=O)Nc1ccc2[nH]c(=S)ccc2c1. The Balaban J connectivity index is 2.22. The van der Waals surface area contributed by atoms with Crippen LogP contribution in [0, 0.1) is 4.64 Å². The second-order valence-corrected chi connectivity index (χ2v) is 4.82. The van der Waals surface area contributed by atoms with E-state index >= 15 is 0 Å². The first-order chi connectivity index (χ1) is 8.54. The number of urea groups is 1. The van der Waals surface area contributed by atoms with Crippen molar-refractivity contribution in [2.75, 3.05) is 5.32 Å². The van der Waals surface area contributed by atoms with Crippen LogP contribution >= 0.6 is 12.2 Å². The molecule has 0 spiro atoms. The molecule has 0 saturated carbocycles.